The summed E-state index contributed by atoms with van der Waals surface area (Å²) in [5.41, 5.74) is 1.11. The van der Waals surface area contributed by atoms with Crippen LogP contribution in [0, 0.1) is 11.3 Å². The summed E-state index contributed by atoms with van der Waals surface area (Å²) < 4.78 is 10.6. The fourth-order valence-corrected chi connectivity index (χ4v) is 2.63. The number of nitrogens with zero attached hydrogens (tertiary/aromatic N) is 1. The highest BCUT2D eigenvalue weighted by molar-refractivity contribution is 6.30. The van der Waals surface area contributed by atoms with Gasteiger partial charge in [0.2, 0.25) is 0 Å². The fourth-order valence-electron chi connectivity index (χ4n) is 2.51. The van der Waals surface area contributed by atoms with E-state index in [-0.39, 0.29) is 24.6 Å². The molecule has 0 spiro atoms. The summed E-state index contributed by atoms with van der Waals surface area (Å²) in [6.45, 7) is 0.136. The number of carbonyl (C=O) groups is 2. The second kappa shape index (κ2) is 10.7. The molecule has 1 heterocycles. The average molecular weight is 436 g/mol. The molecule has 1 aromatic heterocycles. The molecule has 8 heteroatoms. The van der Waals surface area contributed by atoms with E-state index in [0.717, 1.165) is 0 Å². The van der Waals surface area contributed by atoms with Crippen molar-refractivity contribution in [2.24, 2.45) is 0 Å². The van der Waals surface area contributed by atoms with E-state index in [4.69, 9.17) is 20.8 Å². The van der Waals surface area contributed by atoms with Crippen LogP contribution in [0.2, 0.25) is 5.02 Å². The Morgan fingerprint density at radius 3 is 2.48 bits per heavy atom. The molecular weight excluding hydrogens is 418 g/mol. The lowest BCUT2D eigenvalue weighted by Gasteiger charge is -2.07. The van der Waals surface area contributed by atoms with E-state index in [0.29, 0.717) is 27.8 Å². The summed E-state index contributed by atoms with van der Waals surface area (Å²) >= 11 is 5.82. The third kappa shape index (κ3) is 6.77. The van der Waals surface area contributed by atoms with Gasteiger partial charge in [-0.05, 0) is 60.2 Å². The van der Waals surface area contributed by atoms with E-state index in [1.54, 1.807) is 60.7 Å². The van der Waals surface area contributed by atoms with Crippen molar-refractivity contribution in [1.82, 2.24) is 5.32 Å². The summed E-state index contributed by atoms with van der Waals surface area (Å²) in [6, 6.07) is 18.6. The Balaban J connectivity index is 1.53. The van der Waals surface area contributed by atoms with E-state index < -0.39 is 5.91 Å². The van der Waals surface area contributed by atoms with Crippen LogP contribution in [0.25, 0.3) is 6.08 Å². The molecule has 0 saturated heterocycles. The molecule has 3 aromatic rings. The standard InChI is InChI=1S/C23H18ClN3O4/c24-18-5-7-19(8-6-18)27-23(29)17(13-25)12-16-3-9-20(10-4-16)31-15-22(28)26-14-21-2-1-11-30-21/h1-12H,14-15H2,(H,26,28)(H,27,29)/b17-12+. The SMILES string of the molecule is N#C/C(=C\c1ccc(OCC(=O)NCc2ccco2)cc1)C(=O)Nc1ccc(Cl)cc1. The topological polar surface area (TPSA) is 104 Å². The Morgan fingerprint density at radius 2 is 1.84 bits per heavy atom. The first-order valence-corrected chi connectivity index (χ1v) is 9.62. The lowest BCUT2D eigenvalue weighted by molar-refractivity contribution is -0.123. The molecule has 0 aliphatic heterocycles. The van der Waals surface area contributed by atoms with Crippen molar-refractivity contribution in [3.05, 3.63) is 88.8 Å². The van der Waals surface area contributed by atoms with Gasteiger partial charge >= 0.3 is 0 Å². The number of amides is 2. The molecule has 0 aliphatic carbocycles. The average Bonchev–Trinajstić information content (AvgIpc) is 3.30. The van der Waals surface area contributed by atoms with Gasteiger partial charge in [0.25, 0.3) is 11.8 Å². The van der Waals surface area contributed by atoms with Crippen LogP contribution in [-0.2, 0) is 16.1 Å². The van der Waals surface area contributed by atoms with Crippen molar-refractivity contribution in [3.63, 3.8) is 0 Å². The monoisotopic (exact) mass is 435 g/mol. The minimum Gasteiger partial charge on any atom is -0.484 e. The maximum absolute atomic E-state index is 12.3. The highest BCUT2D eigenvalue weighted by Gasteiger charge is 2.10. The smallest absolute Gasteiger partial charge is 0.266 e. The number of hydrogen-bond acceptors (Lipinski definition) is 5. The molecule has 0 radical (unpaired) electrons. The largest absolute Gasteiger partial charge is 0.484 e. The molecule has 0 aliphatic rings. The molecule has 2 N–H and O–H groups in total. The first kappa shape index (κ1) is 21.7. The minimum absolute atomic E-state index is 0.0547. The lowest BCUT2D eigenvalue weighted by Crippen LogP contribution is -2.28. The molecule has 2 amide bonds. The first-order valence-electron chi connectivity index (χ1n) is 9.24. The van der Waals surface area contributed by atoms with Crippen LogP contribution in [0.15, 0.2) is 76.9 Å². The molecular formula is C23H18ClN3O4. The van der Waals surface area contributed by atoms with Crippen LogP contribution in [0.5, 0.6) is 5.75 Å². The van der Waals surface area contributed by atoms with E-state index >= 15 is 0 Å². The number of rotatable bonds is 8. The number of furan rings is 1. The highest BCUT2D eigenvalue weighted by Crippen LogP contribution is 2.17. The van der Waals surface area contributed by atoms with Crippen LogP contribution in [0.1, 0.15) is 11.3 Å². The molecule has 0 fully saturated rings. The molecule has 0 saturated carbocycles. The number of halogens is 1. The third-order valence-electron chi connectivity index (χ3n) is 4.07. The number of hydrogen-bond donors (Lipinski definition) is 2. The van der Waals surface area contributed by atoms with Gasteiger partial charge in [0.15, 0.2) is 6.61 Å². The van der Waals surface area contributed by atoms with Crippen LogP contribution >= 0.6 is 11.6 Å². The molecule has 2 aromatic carbocycles. The van der Waals surface area contributed by atoms with Crippen molar-refractivity contribution >= 4 is 35.2 Å². The molecule has 31 heavy (non-hydrogen) atoms. The number of carbonyl (C=O) groups excluding carboxylic acids is 2. The Bertz CT molecular complexity index is 1100. The van der Waals surface area contributed by atoms with Gasteiger partial charge in [-0.1, -0.05) is 23.7 Å². The van der Waals surface area contributed by atoms with Gasteiger partial charge < -0.3 is 19.8 Å². The summed E-state index contributed by atoms with van der Waals surface area (Å²) in [5, 5.41) is 15.2. The molecule has 0 atom stereocenters. The number of ether oxygens (including phenoxy) is 1. The Kier molecular flexibility index (Phi) is 7.46. The zero-order valence-electron chi connectivity index (χ0n) is 16.3. The first-order chi connectivity index (χ1) is 15.0. The van der Waals surface area contributed by atoms with Gasteiger partial charge in [0.1, 0.15) is 23.2 Å². The number of nitrogens with one attached hydrogen (secondary N) is 2. The molecule has 3 rings (SSSR count). The van der Waals surface area contributed by atoms with Gasteiger partial charge in [0.05, 0.1) is 12.8 Å². The minimum atomic E-state index is -0.529. The van der Waals surface area contributed by atoms with Gasteiger partial charge in [0, 0.05) is 10.7 Å². The van der Waals surface area contributed by atoms with Crippen molar-refractivity contribution in [3.8, 4) is 11.8 Å². The summed E-state index contributed by atoms with van der Waals surface area (Å²) in [6.07, 6.45) is 3.00. The van der Waals surface area contributed by atoms with Crippen molar-refractivity contribution in [2.45, 2.75) is 6.54 Å². The highest BCUT2D eigenvalue weighted by atomic mass is 35.5. The normalized spacial score (nSPS) is 10.8. The number of benzene rings is 2. The number of anilines is 1. The van der Waals surface area contributed by atoms with Gasteiger partial charge in [-0.25, -0.2) is 0 Å². The molecule has 0 unspecified atom stereocenters. The maximum atomic E-state index is 12.3. The Morgan fingerprint density at radius 1 is 1.10 bits per heavy atom. The van der Waals surface area contributed by atoms with E-state index in [1.807, 2.05) is 6.07 Å². The van der Waals surface area contributed by atoms with Crippen LogP contribution in [-0.4, -0.2) is 18.4 Å². The van der Waals surface area contributed by atoms with Gasteiger partial charge in [-0.15, -0.1) is 0 Å². The maximum Gasteiger partial charge on any atom is 0.266 e. The Hall–Kier alpha value is -4.02. The van der Waals surface area contributed by atoms with Crippen LogP contribution in [0.4, 0.5) is 5.69 Å². The van der Waals surface area contributed by atoms with Gasteiger partial charge in [-0.2, -0.15) is 5.26 Å². The summed E-state index contributed by atoms with van der Waals surface area (Å²) in [7, 11) is 0. The Labute approximate surface area is 183 Å². The van der Waals surface area contributed by atoms with Crippen molar-refractivity contribution in [1.29, 1.82) is 5.26 Å². The van der Waals surface area contributed by atoms with E-state index in [2.05, 4.69) is 10.6 Å². The zero-order chi connectivity index (χ0) is 22.1. The molecule has 156 valence electrons. The van der Waals surface area contributed by atoms with E-state index in [9.17, 15) is 14.9 Å². The molecule has 0 bridgehead atoms. The summed E-state index contributed by atoms with van der Waals surface area (Å²) in [5.74, 6) is 0.316. The van der Waals surface area contributed by atoms with Crippen molar-refractivity contribution in [2.75, 3.05) is 11.9 Å². The van der Waals surface area contributed by atoms with Crippen molar-refractivity contribution < 1.29 is 18.7 Å². The predicted molar refractivity (Wildman–Crippen MR) is 116 cm³/mol. The summed E-state index contributed by atoms with van der Waals surface area (Å²) in [4.78, 5) is 24.1. The lowest BCUT2D eigenvalue weighted by atomic mass is 10.1. The van der Waals surface area contributed by atoms with Crippen LogP contribution in [0.3, 0.4) is 0 Å². The third-order valence-corrected chi connectivity index (χ3v) is 4.32. The molecule has 7 nitrogen and oxygen atoms in total. The predicted octanol–water partition coefficient (Wildman–Crippen LogP) is 4.17. The number of nitriles is 1. The van der Waals surface area contributed by atoms with Gasteiger partial charge in [-0.3, -0.25) is 9.59 Å². The quantitative estimate of drug-likeness (QED) is 0.408. The fraction of sp³-hybridized carbons (Fsp3) is 0.0870. The van der Waals surface area contributed by atoms with Crippen LogP contribution < -0.4 is 15.4 Å². The second-order valence-corrected chi connectivity index (χ2v) is 6.78. The second-order valence-electron chi connectivity index (χ2n) is 6.34. The van der Waals surface area contributed by atoms with E-state index in [1.165, 1.54) is 12.3 Å². The zero-order valence-corrected chi connectivity index (χ0v) is 17.1.